The van der Waals surface area contributed by atoms with E-state index in [1.54, 1.807) is 25.6 Å². The van der Waals surface area contributed by atoms with E-state index < -0.39 is 0 Å². The van der Waals surface area contributed by atoms with Crippen molar-refractivity contribution in [3.8, 4) is 33.5 Å². The van der Waals surface area contributed by atoms with Gasteiger partial charge >= 0.3 is 0 Å². The number of methoxy groups -OCH3 is 2. The molecule has 0 aliphatic heterocycles. The predicted molar refractivity (Wildman–Crippen MR) is 120 cm³/mol. The number of benzene rings is 1. The van der Waals surface area contributed by atoms with Gasteiger partial charge in [0.25, 0.3) is 0 Å². The highest BCUT2D eigenvalue weighted by Gasteiger charge is 2.14. The van der Waals surface area contributed by atoms with Gasteiger partial charge in [0.15, 0.2) is 5.13 Å². The number of thiazole rings is 1. The number of nitrogens with zero attached hydrogens (tertiary/aromatic N) is 3. The van der Waals surface area contributed by atoms with Gasteiger partial charge in [-0.05, 0) is 36.1 Å². The van der Waals surface area contributed by atoms with E-state index in [1.807, 2.05) is 41.1 Å². The van der Waals surface area contributed by atoms with Crippen molar-refractivity contribution in [3.05, 3.63) is 47.0 Å². The Labute approximate surface area is 186 Å². The lowest BCUT2D eigenvalue weighted by molar-refractivity contribution is -0.116. The first kappa shape index (κ1) is 21.0. The molecule has 4 rings (SSSR count). The second kappa shape index (κ2) is 9.71. The number of anilines is 1. The van der Waals surface area contributed by atoms with E-state index in [2.05, 4.69) is 20.4 Å². The Hall–Kier alpha value is -3.24. The summed E-state index contributed by atoms with van der Waals surface area (Å²) in [7, 11) is 3.21. The van der Waals surface area contributed by atoms with E-state index >= 15 is 0 Å². The number of aromatic nitrogens is 3. The minimum absolute atomic E-state index is 0.114. The Balaban J connectivity index is 1.31. The predicted octanol–water partition coefficient (Wildman–Crippen LogP) is 4.90. The number of rotatable bonds is 9. The van der Waals surface area contributed by atoms with Gasteiger partial charge in [0.1, 0.15) is 11.5 Å². The second-order valence-corrected chi connectivity index (χ2v) is 8.30. The normalized spacial score (nSPS) is 10.8. The molecule has 3 aromatic heterocycles. The van der Waals surface area contributed by atoms with Gasteiger partial charge in [0.05, 0.1) is 24.8 Å². The molecule has 160 valence electrons. The van der Waals surface area contributed by atoms with Crippen LogP contribution in [0, 0.1) is 0 Å². The quantitative estimate of drug-likeness (QED) is 0.382. The van der Waals surface area contributed by atoms with E-state index in [9.17, 15) is 4.79 Å². The van der Waals surface area contributed by atoms with Gasteiger partial charge in [-0.1, -0.05) is 11.2 Å². The molecule has 4 aromatic rings. The highest BCUT2D eigenvalue weighted by Crippen LogP contribution is 2.35. The Morgan fingerprint density at radius 3 is 2.84 bits per heavy atom. The van der Waals surface area contributed by atoms with Crippen molar-refractivity contribution >= 4 is 33.7 Å². The van der Waals surface area contributed by atoms with E-state index in [1.165, 1.54) is 11.3 Å². The molecule has 0 spiro atoms. The first-order valence-electron chi connectivity index (χ1n) is 9.50. The Kier molecular flexibility index (Phi) is 6.58. The minimum atomic E-state index is -0.114. The Bertz CT molecular complexity index is 1150. The lowest BCUT2D eigenvalue weighted by Crippen LogP contribution is -2.11. The van der Waals surface area contributed by atoms with Crippen molar-refractivity contribution in [2.75, 3.05) is 19.5 Å². The van der Waals surface area contributed by atoms with Gasteiger partial charge in [-0.25, -0.2) is 4.98 Å². The van der Waals surface area contributed by atoms with Gasteiger partial charge in [0.2, 0.25) is 17.6 Å². The van der Waals surface area contributed by atoms with E-state index in [0.717, 1.165) is 10.4 Å². The van der Waals surface area contributed by atoms with Crippen LogP contribution in [0.5, 0.6) is 11.5 Å². The molecule has 0 bridgehead atoms. The number of carbonyl (C=O) groups is 1. The molecule has 0 saturated carbocycles. The number of amides is 1. The van der Waals surface area contributed by atoms with Crippen molar-refractivity contribution < 1.29 is 18.8 Å². The van der Waals surface area contributed by atoms with Crippen LogP contribution >= 0.6 is 22.7 Å². The third-order valence-corrected chi connectivity index (χ3v) is 6.06. The van der Waals surface area contributed by atoms with Gasteiger partial charge in [-0.2, -0.15) is 4.98 Å². The molecule has 3 heterocycles. The monoisotopic (exact) mass is 456 g/mol. The van der Waals surface area contributed by atoms with Crippen molar-refractivity contribution in [1.82, 2.24) is 15.1 Å². The first-order valence-corrected chi connectivity index (χ1v) is 11.3. The maximum atomic E-state index is 12.3. The molecule has 0 unspecified atom stereocenters. The summed E-state index contributed by atoms with van der Waals surface area (Å²) in [6, 6.07) is 9.39. The maximum absolute atomic E-state index is 12.3. The standard InChI is InChI=1S/C21H20N4O4S2/c1-27-13-8-9-16(28-2)14(11-13)15-12-31-21(22-15)23-18(26)6-3-7-19-24-20(25-29-19)17-5-4-10-30-17/h4-5,8-12H,3,6-7H2,1-2H3,(H,22,23,26). The van der Waals surface area contributed by atoms with Crippen LogP contribution in [-0.2, 0) is 11.2 Å². The third-order valence-electron chi connectivity index (χ3n) is 4.44. The zero-order chi connectivity index (χ0) is 21.6. The van der Waals surface area contributed by atoms with Crippen LogP contribution < -0.4 is 14.8 Å². The molecular formula is C21H20N4O4S2. The van der Waals surface area contributed by atoms with Crippen molar-refractivity contribution in [2.24, 2.45) is 0 Å². The molecule has 0 aliphatic carbocycles. The number of hydrogen-bond acceptors (Lipinski definition) is 9. The Morgan fingerprint density at radius 1 is 1.16 bits per heavy atom. The largest absolute Gasteiger partial charge is 0.497 e. The summed E-state index contributed by atoms with van der Waals surface area (Å²) in [4.78, 5) is 22.2. The van der Waals surface area contributed by atoms with Crippen molar-refractivity contribution in [3.63, 3.8) is 0 Å². The second-order valence-electron chi connectivity index (χ2n) is 6.49. The van der Waals surface area contributed by atoms with Crippen LogP contribution in [-0.4, -0.2) is 35.3 Å². The van der Waals surface area contributed by atoms with E-state index in [0.29, 0.717) is 53.3 Å². The smallest absolute Gasteiger partial charge is 0.226 e. The molecule has 0 atom stereocenters. The molecule has 1 aromatic carbocycles. The first-order chi connectivity index (χ1) is 15.2. The molecule has 10 heteroatoms. The summed E-state index contributed by atoms with van der Waals surface area (Å²) in [6.07, 6.45) is 1.46. The maximum Gasteiger partial charge on any atom is 0.226 e. The molecule has 0 aliphatic rings. The minimum Gasteiger partial charge on any atom is -0.497 e. The fourth-order valence-electron chi connectivity index (χ4n) is 2.91. The van der Waals surface area contributed by atoms with Crippen LogP contribution in [0.15, 0.2) is 45.6 Å². The molecule has 0 saturated heterocycles. The third kappa shape index (κ3) is 5.09. The van der Waals surface area contributed by atoms with Gasteiger partial charge in [-0.3, -0.25) is 4.79 Å². The average Bonchev–Trinajstić information content (AvgIpc) is 3.55. The van der Waals surface area contributed by atoms with Crippen LogP contribution in [0.25, 0.3) is 22.0 Å². The van der Waals surface area contributed by atoms with Gasteiger partial charge < -0.3 is 19.3 Å². The van der Waals surface area contributed by atoms with Crippen LogP contribution in [0.2, 0.25) is 0 Å². The lowest BCUT2D eigenvalue weighted by Gasteiger charge is -2.08. The number of hydrogen-bond donors (Lipinski definition) is 1. The van der Waals surface area contributed by atoms with Crippen LogP contribution in [0.1, 0.15) is 18.7 Å². The lowest BCUT2D eigenvalue weighted by atomic mass is 10.1. The number of aryl methyl sites for hydroxylation is 1. The summed E-state index contributed by atoms with van der Waals surface area (Å²) in [5, 5.41) is 11.2. The fourth-order valence-corrected chi connectivity index (χ4v) is 4.29. The summed E-state index contributed by atoms with van der Waals surface area (Å²) in [5.74, 6) is 2.38. The Morgan fingerprint density at radius 2 is 2.06 bits per heavy atom. The topological polar surface area (TPSA) is 99.4 Å². The van der Waals surface area contributed by atoms with E-state index in [4.69, 9.17) is 14.0 Å². The average molecular weight is 457 g/mol. The highest BCUT2D eigenvalue weighted by atomic mass is 32.1. The molecule has 0 radical (unpaired) electrons. The SMILES string of the molecule is COc1ccc(OC)c(-c2csc(NC(=O)CCCc3nc(-c4cccs4)no3)n2)c1. The summed E-state index contributed by atoms with van der Waals surface area (Å²) >= 11 is 2.91. The zero-order valence-electron chi connectivity index (χ0n) is 17.0. The molecule has 1 N–H and O–H groups in total. The van der Waals surface area contributed by atoms with Crippen molar-refractivity contribution in [2.45, 2.75) is 19.3 Å². The molecule has 8 nitrogen and oxygen atoms in total. The summed E-state index contributed by atoms with van der Waals surface area (Å²) in [5.41, 5.74) is 1.51. The summed E-state index contributed by atoms with van der Waals surface area (Å²) < 4.78 is 16.0. The molecule has 1 amide bonds. The highest BCUT2D eigenvalue weighted by molar-refractivity contribution is 7.14. The van der Waals surface area contributed by atoms with Crippen LogP contribution in [0.3, 0.4) is 0 Å². The number of ether oxygens (including phenoxy) is 2. The summed E-state index contributed by atoms with van der Waals surface area (Å²) in [6.45, 7) is 0. The molecule has 0 fully saturated rings. The van der Waals surface area contributed by atoms with Gasteiger partial charge in [0, 0.05) is 23.8 Å². The number of thiophene rings is 1. The zero-order valence-corrected chi connectivity index (χ0v) is 18.6. The molecular weight excluding hydrogens is 436 g/mol. The number of carbonyl (C=O) groups excluding carboxylic acids is 1. The van der Waals surface area contributed by atoms with Crippen LogP contribution in [0.4, 0.5) is 5.13 Å². The van der Waals surface area contributed by atoms with E-state index in [-0.39, 0.29) is 5.91 Å². The fraction of sp³-hybridized carbons (Fsp3) is 0.238. The van der Waals surface area contributed by atoms with Gasteiger partial charge in [-0.15, -0.1) is 22.7 Å². The number of nitrogens with one attached hydrogen (secondary N) is 1. The molecule has 31 heavy (non-hydrogen) atoms. The van der Waals surface area contributed by atoms with Crippen molar-refractivity contribution in [1.29, 1.82) is 0 Å².